The molecule has 1 fully saturated rings. The molecule has 3 rings (SSSR count). The van der Waals surface area contributed by atoms with Gasteiger partial charge in [-0.15, -0.1) is 0 Å². The molecule has 1 heterocycles. The molecule has 0 spiro atoms. The maximum atomic E-state index is 12.2. The van der Waals surface area contributed by atoms with Crippen LogP contribution in [-0.2, 0) is 4.79 Å². The van der Waals surface area contributed by atoms with Gasteiger partial charge in [0.25, 0.3) is 0 Å². The first-order valence-corrected chi connectivity index (χ1v) is 9.02. The molecular formula is C21H25N3O3. The summed E-state index contributed by atoms with van der Waals surface area (Å²) in [5.41, 5.74) is 0.420. The van der Waals surface area contributed by atoms with Gasteiger partial charge in [-0.05, 0) is 57.2 Å². The number of amides is 3. The summed E-state index contributed by atoms with van der Waals surface area (Å²) in [6.07, 6.45) is 0.328. The van der Waals surface area contributed by atoms with Crippen LogP contribution in [0.25, 0.3) is 0 Å². The fourth-order valence-electron chi connectivity index (χ4n) is 3.04. The number of hydrogen-bond acceptors (Lipinski definition) is 3. The molecule has 2 aromatic rings. The summed E-state index contributed by atoms with van der Waals surface area (Å²) >= 11 is 0. The molecule has 1 aliphatic rings. The summed E-state index contributed by atoms with van der Waals surface area (Å²) in [4.78, 5) is 26.1. The Hall–Kier alpha value is -3.02. The fourth-order valence-corrected chi connectivity index (χ4v) is 3.04. The number of carbonyl (C=O) groups excluding carboxylic acids is 2. The van der Waals surface area contributed by atoms with Crippen LogP contribution in [0.4, 0.5) is 10.5 Å². The molecule has 6 nitrogen and oxygen atoms in total. The van der Waals surface area contributed by atoms with Crippen molar-refractivity contribution in [3.63, 3.8) is 0 Å². The number of para-hydroxylation sites is 1. The van der Waals surface area contributed by atoms with E-state index in [0.717, 1.165) is 5.75 Å². The van der Waals surface area contributed by atoms with Crippen molar-refractivity contribution in [1.29, 1.82) is 0 Å². The van der Waals surface area contributed by atoms with E-state index in [0.29, 0.717) is 24.4 Å². The Bertz CT molecular complexity index is 798. The fraction of sp³-hybridized carbons (Fsp3) is 0.333. The van der Waals surface area contributed by atoms with Gasteiger partial charge in [0.15, 0.2) is 0 Å². The molecule has 3 amide bonds. The zero-order chi connectivity index (χ0) is 19.4. The van der Waals surface area contributed by atoms with Gasteiger partial charge < -0.3 is 20.3 Å². The Balaban J connectivity index is 1.52. The van der Waals surface area contributed by atoms with Crippen molar-refractivity contribution < 1.29 is 14.3 Å². The van der Waals surface area contributed by atoms with E-state index in [2.05, 4.69) is 10.6 Å². The van der Waals surface area contributed by atoms with Gasteiger partial charge in [0.1, 0.15) is 11.5 Å². The third-order valence-corrected chi connectivity index (χ3v) is 4.36. The van der Waals surface area contributed by atoms with E-state index in [1.807, 2.05) is 51.1 Å². The molecule has 1 saturated heterocycles. The van der Waals surface area contributed by atoms with Gasteiger partial charge in [-0.3, -0.25) is 4.79 Å². The quantitative estimate of drug-likeness (QED) is 0.858. The molecule has 2 N–H and O–H groups in total. The standard InChI is InChI=1S/C21H25N3O3/c1-21(2,3)24-14-16(13-19(24)25)23-20(26)22-15-9-11-18(12-10-15)27-17-7-5-4-6-8-17/h4-12,16H,13-14H2,1-3H3,(H2,22,23,26). The van der Waals surface area contributed by atoms with E-state index < -0.39 is 0 Å². The maximum Gasteiger partial charge on any atom is 0.319 e. The van der Waals surface area contributed by atoms with Gasteiger partial charge in [0.05, 0.1) is 6.04 Å². The maximum absolute atomic E-state index is 12.2. The Labute approximate surface area is 159 Å². The van der Waals surface area contributed by atoms with Crippen LogP contribution in [0.15, 0.2) is 54.6 Å². The second kappa shape index (κ2) is 7.70. The highest BCUT2D eigenvalue weighted by Crippen LogP contribution is 2.23. The average Bonchev–Trinajstić information content (AvgIpc) is 2.98. The van der Waals surface area contributed by atoms with Gasteiger partial charge in [-0.2, -0.15) is 0 Å². The van der Waals surface area contributed by atoms with Crippen LogP contribution in [0.2, 0.25) is 0 Å². The Morgan fingerprint density at radius 2 is 1.67 bits per heavy atom. The number of nitrogens with zero attached hydrogens (tertiary/aromatic N) is 1. The molecule has 0 aliphatic carbocycles. The number of nitrogens with one attached hydrogen (secondary N) is 2. The van der Waals surface area contributed by atoms with Gasteiger partial charge >= 0.3 is 6.03 Å². The molecule has 0 bridgehead atoms. The lowest BCUT2D eigenvalue weighted by molar-refractivity contribution is -0.131. The summed E-state index contributed by atoms with van der Waals surface area (Å²) in [7, 11) is 0. The van der Waals surface area contributed by atoms with Crippen LogP contribution in [0.3, 0.4) is 0 Å². The number of urea groups is 1. The lowest BCUT2D eigenvalue weighted by Crippen LogP contribution is -2.45. The molecule has 0 aromatic heterocycles. The first kappa shape index (κ1) is 18.8. The van der Waals surface area contributed by atoms with Crippen LogP contribution < -0.4 is 15.4 Å². The van der Waals surface area contributed by atoms with Gasteiger partial charge in [-0.1, -0.05) is 18.2 Å². The Morgan fingerprint density at radius 3 is 2.26 bits per heavy atom. The molecule has 1 atom stereocenters. The van der Waals surface area contributed by atoms with Crippen molar-refractivity contribution in [1.82, 2.24) is 10.2 Å². The van der Waals surface area contributed by atoms with Crippen LogP contribution >= 0.6 is 0 Å². The smallest absolute Gasteiger partial charge is 0.319 e. The minimum atomic E-state index is -0.319. The van der Waals surface area contributed by atoms with Gasteiger partial charge in [0.2, 0.25) is 5.91 Å². The summed E-state index contributed by atoms with van der Waals surface area (Å²) < 4.78 is 5.73. The highest BCUT2D eigenvalue weighted by molar-refractivity contribution is 5.90. The third kappa shape index (κ3) is 5.00. The highest BCUT2D eigenvalue weighted by Gasteiger charge is 2.36. The lowest BCUT2D eigenvalue weighted by Gasteiger charge is -2.32. The van der Waals surface area contributed by atoms with Crippen LogP contribution in [0, 0.1) is 0 Å². The molecule has 1 aliphatic heterocycles. The summed E-state index contributed by atoms with van der Waals surface area (Å²) in [6.45, 7) is 6.50. The van der Waals surface area contributed by atoms with E-state index in [4.69, 9.17) is 4.74 Å². The van der Waals surface area contributed by atoms with Gasteiger partial charge in [-0.25, -0.2) is 4.79 Å². The molecule has 6 heteroatoms. The van der Waals surface area contributed by atoms with Crippen molar-refractivity contribution in [3.05, 3.63) is 54.6 Å². The highest BCUT2D eigenvalue weighted by atomic mass is 16.5. The number of hydrogen-bond donors (Lipinski definition) is 2. The normalized spacial score (nSPS) is 16.9. The van der Waals surface area contributed by atoms with Crippen molar-refractivity contribution in [2.75, 3.05) is 11.9 Å². The summed E-state index contributed by atoms with van der Waals surface area (Å²) in [5.74, 6) is 1.51. The molecular weight excluding hydrogens is 342 g/mol. The summed E-state index contributed by atoms with van der Waals surface area (Å²) in [5, 5.41) is 5.66. The number of rotatable bonds is 4. The zero-order valence-electron chi connectivity index (χ0n) is 15.9. The molecule has 0 saturated carbocycles. The summed E-state index contributed by atoms with van der Waals surface area (Å²) in [6, 6.07) is 16.1. The number of anilines is 1. The van der Waals surface area contributed by atoms with E-state index in [1.165, 1.54) is 0 Å². The van der Waals surface area contributed by atoms with Crippen molar-refractivity contribution in [2.24, 2.45) is 0 Å². The first-order chi connectivity index (χ1) is 12.8. The number of likely N-dealkylation sites (tertiary alicyclic amines) is 1. The van der Waals surface area contributed by atoms with Crippen LogP contribution in [-0.4, -0.2) is 35.0 Å². The predicted molar refractivity (Wildman–Crippen MR) is 105 cm³/mol. The molecule has 0 radical (unpaired) electrons. The Kier molecular flexibility index (Phi) is 5.35. The third-order valence-electron chi connectivity index (χ3n) is 4.36. The van der Waals surface area contributed by atoms with E-state index >= 15 is 0 Å². The first-order valence-electron chi connectivity index (χ1n) is 9.02. The number of ether oxygens (including phenoxy) is 1. The van der Waals surface area contributed by atoms with Crippen LogP contribution in [0.5, 0.6) is 11.5 Å². The predicted octanol–water partition coefficient (Wildman–Crippen LogP) is 4.00. The second-order valence-corrected chi connectivity index (χ2v) is 7.61. The second-order valence-electron chi connectivity index (χ2n) is 7.61. The van der Waals surface area contributed by atoms with Crippen molar-refractivity contribution >= 4 is 17.6 Å². The number of benzene rings is 2. The minimum absolute atomic E-state index is 0.0650. The SMILES string of the molecule is CC(C)(C)N1CC(NC(=O)Nc2ccc(Oc3ccccc3)cc2)CC1=O. The van der Waals surface area contributed by atoms with Crippen molar-refractivity contribution in [3.8, 4) is 11.5 Å². The number of carbonyl (C=O) groups is 2. The molecule has 142 valence electrons. The minimum Gasteiger partial charge on any atom is -0.457 e. The monoisotopic (exact) mass is 367 g/mol. The van der Waals surface area contributed by atoms with E-state index in [1.54, 1.807) is 29.2 Å². The van der Waals surface area contributed by atoms with Crippen molar-refractivity contribution in [2.45, 2.75) is 38.8 Å². The largest absolute Gasteiger partial charge is 0.457 e. The van der Waals surface area contributed by atoms with Gasteiger partial charge in [0, 0.05) is 24.2 Å². The van der Waals surface area contributed by atoms with E-state index in [-0.39, 0.29) is 23.5 Å². The zero-order valence-corrected chi connectivity index (χ0v) is 15.9. The topological polar surface area (TPSA) is 70.7 Å². The van der Waals surface area contributed by atoms with Crippen LogP contribution in [0.1, 0.15) is 27.2 Å². The lowest BCUT2D eigenvalue weighted by atomic mass is 10.1. The average molecular weight is 367 g/mol. The molecule has 1 unspecified atom stereocenters. The molecule has 2 aromatic carbocycles. The van der Waals surface area contributed by atoms with E-state index in [9.17, 15) is 9.59 Å². The molecule has 27 heavy (non-hydrogen) atoms. The Morgan fingerprint density at radius 1 is 1.04 bits per heavy atom.